The Labute approximate surface area is 133 Å². The molecule has 0 amide bonds. The lowest BCUT2D eigenvalue weighted by atomic mass is 10.2. The number of benzene rings is 1. The smallest absolute Gasteiger partial charge is 0.219 e. The number of rotatable bonds is 6. The summed E-state index contributed by atoms with van der Waals surface area (Å²) in [7, 11) is 1.58. The van der Waals surface area contributed by atoms with E-state index in [4.69, 9.17) is 9.47 Å². The lowest BCUT2D eigenvalue weighted by Crippen LogP contribution is -2.23. The summed E-state index contributed by atoms with van der Waals surface area (Å²) in [6.07, 6.45) is 1.51. The van der Waals surface area contributed by atoms with Gasteiger partial charge in [-0.2, -0.15) is 0 Å². The van der Waals surface area contributed by atoms with Crippen LogP contribution in [0.1, 0.15) is 12.5 Å². The average Bonchev–Trinajstić information content (AvgIpc) is 2.53. The highest BCUT2D eigenvalue weighted by Crippen LogP contribution is 2.20. The van der Waals surface area contributed by atoms with Gasteiger partial charge in [0, 0.05) is 31.0 Å². The highest BCUT2D eigenvalue weighted by Gasteiger charge is 2.08. The van der Waals surface area contributed by atoms with Crippen LogP contribution in [-0.2, 0) is 4.74 Å². The molecule has 2 aromatic rings. The first kappa shape index (κ1) is 16.9. The maximum absolute atomic E-state index is 13.2. The van der Waals surface area contributed by atoms with Crippen molar-refractivity contribution in [2.75, 3.05) is 13.7 Å². The van der Waals surface area contributed by atoms with Gasteiger partial charge in [-0.15, -0.1) is 0 Å². The number of amidine groups is 1. The van der Waals surface area contributed by atoms with Gasteiger partial charge in [-0.05, 0) is 25.1 Å². The molecule has 1 atom stereocenters. The van der Waals surface area contributed by atoms with Crippen molar-refractivity contribution in [3.05, 3.63) is 54.0 Å². The molecule has 0 radical (unpaired) electrons. The molecule has 0 aliphatic heterocycles. The van der Waals surface area contributed by atoms with Crippen molar-refractivity contribution in [2.45, 2.75) is 13.0 Å². The molecule has 122 valence electrons. The Balaban J connectivity index is 2.21. The largest absolute Gasteiger partial charge is 0.439 e. The monoisotopic (exact) mass is 319 g/mol. The molecule has 0 aliphatic carbocycles. The SMILES string of the molecule is COCC(C)N=C(NO)c1ccnc(Oc2cccc(F)c2)c1. The van der Waals surface area contributed by atoms with Crippen LogP contribution in [0.4, 0.5) is 4.39 Å². The molecule has 1 aromatic carbocycles. The highest BCUT2D eigenvalue weighted by atomic mass is 19.1. The van der Waals surface area contributed by atoms with Crippen molar-refractivity contribution in [1.82, 2.24) is 10.5 Å². The molecule has 0 fully saturated rings. The standard InChI is InChI=1S/C16H18FN3O3/c1-11(10-22-2)19-16(20-21)12-6-7-18-15(8-12)23-14-5-3-4-13(17)9-14/h3-9,11,21H,10H2,1-2H3,(H,19,20). The van der Waals surface area contributed by atoms with Crippen LogP contribution in [-0.4, -0.2) is 35.8 Å². The minimum Gasteiger partial charge on any atom is -0.439 e. The number of ether oxygens (including phenoxy) is 2. The van der Waals surface area contributed by atoms with Gasteiger partial charge in [-0.1, -0.05) is 6.07 Å². The predicted octanol–water partition coefficient (Wildman–Crippen LogP) is 2.77. The van der Waals surface area contributed by atoms with Crippen LogP contribution < -0.4 is 10.2 Å². The van der Waals surface area contributed by atoms with Gasteiger partial charge in [0.1, 0.15) is 11.6 Å². The molecule has 2 N–H and O–H groups in total. The Hall–Kier alpha value is -2.51. The summed E-state index contributed by atoms with van der Waals surface area (Å²) in [5, 5.41) is 9.28. The van der Waals surface area contributed by atoms with E-state index < -0.39 is 5.82 Å². The van der Waals surface area contributed by atoms with Gasteiger partial charge >= 0.3 is 0 Å². The molecule has 1 unspecified atom stereocenters. The number of hydroxylamine groups is 1. The van der Waals surface area contributed by atoms with E-state index in [2.05, 4.69) is 15.5 Å². The maximum atomic E-state index is 13.2. The van der Waals surface area contributed by atoms with E-state index in [1.807, 2.05) is 6.92 Å². The second-order valence-electron chi connectivity index (χ2n) is 4.84. The lowest BCUT2D eigenvalue weighted by Gasteiger charge is -2.11. The summed E-state index contributed by atoms with van der Waals surface area (Å²) in [5.74, 6) is 0.459. The first-order chi connectivity index (χ1) is 11.1. The van der Waals surface area contributed by atoms with Gasteiger partial charge in [0.25, 0.3) is 0 Å². The number of nitrogens with one attached hydrogen (secondary N) is 1. The van der Waals surface area contributed by atoms with Crippen molar-refractivity contribution >= 4 is 5.84 Å². The van der Waals surface area contributed by atoms with Crippen molar-refractivity contribution in [3.8, 4) is 11.6 Å². The van der Waals surface area contributed by atoms with E-state index in [-0.39, 0.29) is 17.8 Å². The molecule has 0 saturated heterocycles. The summed E-state index contributed by atoms with van der Waals surface area (Å²) in [6, 6.07) is 8.87. The molecule has 1 aromatic heterocycles. The first-order valence-electron chi connectivity index (χ1n) is 6.99. The zero-order valence-electron chi connectivity index (χ0n) is 12.9. The first-order valence-corrected chi connectivity index (χ1v) is 6.99. The van der Waals surface area contributed by atoms with Crippen LogP contribution in [0.2, 0.25) is 0 Å². The molecule has 0 bridgehead atoms. The molecule has 2 rings (SSSR count). The maximum Gasteiger partial charge on any atom is 0.219 e. The minimum absolute atomic E-state index is 0.143. The zero-order valence-corrected chi connectivity index (χ0v) is 12.9. The fourth-order valence-corrected chi connectivity index (χ4v) is 1.93. The van der Waals surface area contributed by atoms with E-state index in [0.717, 1.165) is 0 Å². The van der Waals surface area contributed by atoms with Gasteiger partial charge in [0.2, 0.25) is 5.88 Å². The van der Waals surface area contributed by atoms with Gasteiger partial charge in [0.05, 0.1) is 12.6 Å². The number of methoxy groups -OCH3 is 1. The summed E-state index contributed by atoms with van der Waals surface area (Å²) in [6.45, 7) is 2.27. The van der Waals surface area contributed by atoms with E-state index in [0.29, 0.717) is 17.9 Å². The van der Waals surface area contributed by atoms with Crippen molar-refractivity contribution in [1.29, 1.82) is 0 Å². The van der Waals surface area contributed by atoms with E-state index in [1.165, 1.54) is 18.3 Å². The molecule has 0 spiro atoms. The summed E-state index contributed by atoms with van der Waals surface area (Å²) < 4.78 is 23.7. The molecular formula is C16H18FN3O3. The van der Waals surface area contributed by atoms with Crippen LogP contribution >= 0.6 is 0 Å². The summed E-state index contributed by atoms with van der Waals surface area (Å²) >= 11 is 0. The molecular weight excluding hydrogens is 301 g/mol. The Kier molecular flexibility index (Phi) is 6.02. The normalized spacial score (nSPS) is 12.8. The van der Waals surface area contributed by atoms with Gasteiger partial charge in [-0.3, -0.25) is 15.7 Å². The van der Waals surface area contributed by atoms with Crippen LogP contribution in [0.5, 0.6) is 11.6 Å². The topological polar surface area (TPSA) is 76.0 Å². The number of hydrogen-bond acceptors (Lipinski definition) is 5. The Morgan fingerprint density at radius 3 is 2.91 bits per heavy atom. The fourth-order valence-electron chi connectivity index (χ4n) is 1.93. The number of pyridine rings is 1. The number of aliphatic imine (C=N–C) groups is 1. The second-order valence-corrected chi connectivity index (χ2v) is 4.84. The van der Waals surface area contributed by atoms with Gasteiger partial charge in [0.15, 0.2) is 5.84 Å². The third-order valence-electron chi connectivity index (χ3n) is 2.89. The Morgan fingerprint density at radius 2 is 2.22 bits per heavy atom. The Bertz CT molecular complexity index is 679. The Morgan fingerprint density at radius 1 is 1.39 bits per heavy atom. The average molecular weight is 319 g/mol. The van der Waals surface area contributed by atoms with Crippen LogP contribution in [0.15, 0.2) is 47.6 Å². The molecule has 0 aliphatic rings. The van der Waals surface area contributed by atoms with Gasteiger partial charge < -0.3 is 9.47 Å². The third kappa shape index (κ3) is 5.01. The predicted molar refractivity (Wildman–Crippen MR) is 83.5 cm³/mol. The van der Waals surface area contributed by atoms with Crippen LogP contribution in [0.3, 0.4) is 0 Å². The summed E-state index contributed by atoms with van der Waals surface area (Å²) in [5.41, 5.74) is 2.64. The third-order valence-corrected chi connectivity index (χ3v) is 2.89. The fraction of sp³-hybridized carbons (Fsp3) is 0.250. The molecule has 23 heavy (non-hydrogen) atoms. The summed E-state index contributed by atoms with van der Waals surface area (Å²) in [4.78, 5) is 8.37. The highest BCUT2D eigenvalue weighted by molar-refractivity contribution is 5.98. The molecule has 6 nitrogen and oxygen atoms in total. The van der Waals surface area contributed by atoms with Crippen LogP contribution in [0, 0.1) is 5.82 Å². The number of nitrogens with zero attached hydrogens (tertiary/aromatic N) is 2. The molecule has 0 saturated carbocycles. The van der Waals surface area contributed by atoms with E-state index >= 15 is 0 Å². The molecule has 7 heteroatoms. The minimum atomic E-state index is -0.397. The molecule has 1 heterocycles. The number of aromatic nitrogens is 1. The quantitative estimate of drug-likeness (QED) is 0.486. The van der Waals surface area contributed by atoms with E-state index in [1.54, 1.807) is 31.4 Å². The van der Waals surface area contributed by atoms with Crippen LogP contribution in [0.25, 0.3) is 0 Å². The van der Waals surface area contributed by atoms with E-state index in [9.17, 15) is 9.60 Å². The second kappa shape index (κ2) is 8.21. The lowest BCUT2D eigenvalue weighted by molar-refractivity contribution is 0.184. The van der Waals surface area contributed by atoms with Crippen molar-refractivity contribution in [3.63, 3.8) is 0 Å². The van der Waals surface area contributed by atoms with Gasteiger partial charge in [-0.25, -0.2) is 9.37 Å². The zero-order chi connectivity index (χ0) is 16.7. The van der Waals surface area contributed by atoms with Crippen molar-refractivity contribution < 1.29 is 19.1 Å². The number of hydrogen-bond donors (Lipinski definition) is 2. The number of halogens is 1. The van der Waals surface area contributed by atoms with Crippen molar-refractivity contribution in [2.24, 2.45) is 4.99 Å².